The van der Waals surface area contributed by atoms with Crippen LogP contribution in [-0.4, -0.2) is 59.6 Å². The van der Waals surface area contributed by atoms with E-state index in [-0.39, 0.29) is 29.8 Å². The van der Waals surface area contributed by atoms with E-state index >= 15 is 0 Å². The van der Waals surface area contributed by atoms with E-state index in [0.717, 1.165) is 64.2 Å². The van der Waals surface area contributed by atoms with Crippen molar-refractivity contribution in [2.45, 2.75) is 107 Å². The molecule has 5 atom stereocenters. The van der Waals surface area contributed by atoms with Crippen molar-refractivity contribution in [1.82, 2.24) is 10.2 Å². The lowest BCUT2D eigenvalue weighted by molar-refractivity contribution is -0.144. The lowest BCUT2D eigenvalue weighted by Crippen LogP contribution is -2.58. The number of amides is 3. The molecule has 0 unspecified atom stereocenters. The van der Waals surface area contributed by atoms with Gasteiger partial charge in [-0.15, -0.1) is 0 Å². The smallest absolute Gasteiger partial charge is 0.246 e. The topological polar surface area (TPSA) is 97.0 Å². The standard InChI is InChI=1S/C31H41N3O5/c1-38-23-16-14-21(15-17-23)32-28(35)25-24-18-19-31(39-24)26(25)30(37)34(22-12-8-3-2-4-9-13-22)27(31)29(36)33-20-10-6-5-7-11-20/h14-20,22,24-27H,2-13H2,1H3,(H,32,35)(H,33,36)/t24-,25-,26-,27-,31-/m1/s1. The van der Waals surface area contributed by atoms with Crippen molar-refractivity contribution < 1.29 is 23.9 Å². The minimum absolute atomic E-state index is 0.0127. The van der Waals surface area contributed by atoms with E-state index < -0.39 is 29.6 Å². The Balaban J connectivity index is 1.30. The molecule has 210 valence electrons. The highest BCUT2D eigenvalue weighted by atomic mass is 16.5. The van der Waals surface area contributed by atoms with Crippen LogP contribution in [0.3, 0.4) is 0 Å². The molecule has 39 heavy (non-hydrogen) atoms. The van der Waals surface area contributed by atoms with Crippen LogP contribution in [0.1, 0.15) is 77.0 Å². The van der Waals surface area contributed by atoms with Gasteiger partial charge in [-0.25, -0.2) is 0 Å². The number of nitrogens with one attached hydrogen (secondary N) is 2. The zero-order valence-electron chi connectivity index (χ0n) is 22.9. The maximum absolute atomic E-state index is 14.4. The van der Waals surface area contributed by atoms with Crippen LogP contribution in [-0.2, 0) is 19.1 Å². The van der Waals surface area contributed by atoms with Crippen LogP contribution in [0.25, 0.3) is 0 Å². The number of fused-ring (bicyclic) bond motifs is 1. The van der Waals surface area contributed by atoms with Crippen molar-refractivity contribution in [2.75, 3.05) is 12.4 Å². The highest BCUT2D eigenvalue weighted by molar-refractivity contribution is 6.03. The van der Waals surface area contributed by atoms with Gasteiger partial charge in [0.1, 0.15) is 17.4 Å². The van der Waals surface area contributed by atoms with Gasteiger partial charge in [-0.3, -0.25) is 14.4 Å². The van der Waals surface area contributed by atoms with Crippen LogP contribution in [0.5, 0.6) is 5.75 Å². The Morgan fingerprint density at radius 1 is 0.923 bits per heavy atom. The Labute approximate surface area is 230 Å². The average molecular weight is 536 g/mol. The highest BCUT2D eigenvalue weighted by Gasteiger charge is 2.73. The minimum Gasteiger partial charge on any atom is -0.497 e. The van der Waals surface area contributed by atoms with Crippen molar-refractivity contribution in [3.63, 3.8) is 0 Å². The van der Waals surface area contributed by atoms with Gasteiger partial charge < -0.3 is 25.0 Å². The maximum atomic E-state index is 14.4. The van der Waals surface area contributed by atoms with E-state index in [2.05, 4.69) is 10.6 Å². The maximum Gasteiger partial charge on any atom is 0.246 e. The molecule has 3 amide bonds. The summed E-state index contributed by atoms with van der Waals surface area (Å²) in [5.41, 5.74) is -0.472. The van der Waals surface area contributed by atoms with Crippen LogP contribution < -0.4 is 15.4 Å². The van der Waals surface area contributed by atoms with Crippen LogP contribution >= 0.6 is 0 Å². The molecule has 5 aliphatic rings. The first-order valence-corrected chi connectivity index (χ1v) is 15.0. The number of hydrogen-bond donors (Lipinski definition) is 2. The third-order valence-electron chi connectivity index (χ3n) is 9.64. The fourth-order valence-electron chi connectivity index (χ4n) is 7.74. The number of nitrogens with zero attached hydrogens (tertiary/aromatic N) is 1. The largest absolute Gasteiger partial charge is 0.497 e. The van der Waals surface area contributed by atoms with E-state index in [1.807, 2.05) is 17.1 Å². The Hall–Kier alpha value is -2.87. The molecule has 6 rings (SSSR count). The summed E-state index contributed by atoms with van der Waals surface area (Å²) in [7, 11) is 1.60. The van der Waals surface area contributed by atoms with Gasteiger partial charge in [0.15, 0.2) is 0 Å². The lowest BCUT2D eigenvalue weighted by atomic mass is 9.74. The Morgan fingerprint density at radius 3 is 2.26 bits per heavy atom. The van der Waals surface area contributed by atoms with Gasteiger partial charge in [-0.05, 0) is 49.9 Å². The first-order valence-electron chi connectivity index (χ1n) is 15.0. The molecule has 2 N–H and O–H groups in total. The molecule has 2 aliphatic carbocycles. The lowest BCUT2D eigenvalue weighted by Gasteiger charge is -2.38. The molecule has 2 saturated carbocycles. The molecule has 4 fully saturated rings. The molecule has 1 spiro atoms. The molecule has 2 saturated heterocycles. The van der Waals surface area contributed by atoms with Crippen molar-refractivity contribution in [1.29, 1.82) is 0 Å². The molecular formula is C31H41N3O5. The van der Waals surface area contributed by atoms with Gasteiger partial charge >= 0.3 is 0 Å². The molecule has 2 bridgehead atoms. The number of carbonyl (C=O) groups is 3. The predicted molar refractivity (Wildman–Crippen MR) is 147 cm³/mol. The molecule has 1 aromatic rings. The number of anilines is 1. The molecule has 8 nitrogen and oxygen atoms in total. The highest BCUT2D eigenvalue weighted by Crippen LogP contribution is 2.56. The third kappa shape index (κ3) is 4.75. The molecule has 3 aliphatic heterocycles. The van der Waals surface area contributed by atoms with Crippen LogP contribution in [0.2, 0.25) is 0 Å². The number of carbonyl (C=O) groups excluding carboxylic acids is 3. The number of ether oxygens (including phenoxy) is 2. The summed E-state index contributed by atoms with van der Waals surface area (Å²) in [5.74, 6) is -1.18. The summed E-state index contributed by atoms with van der Waals surface area (Å²) in [4.78, 5) is 44.0. The molecular weight excluding hydrogens is 494 g/mol. The summed E-state index contributed by atoms with van der Waals surface area (Å²) < 4.78 is 11.8. The van der Waals surface area contributed by atoms with Gasteiger partial charge in [0.25, 0.3) is 0 Å². The van der Waals surface area contributed by atoms with Crippen molar-refractivity contribution in [3.8, 4) is 5.75 Å². The fraction of sp³-hybridized carbons (Fsp3) is 0.645. The summed E-state index contributed by atoms with van der Waals surface area (Å²) >= 11 is 0. The normalized spacial score (nSPS) is 32.9. The molecule has 3 heterocycles. The number of hydrogen-bond acceptors (Lipinski definition) is 5. The van der Waals surface area contributed by atoms with Gasteiger partial charge in [0.2, 0.25) is 17.7 Å². The van der Waals surface area contributed by atoms with E-state index in [1.54, 1.807) is 31.4 Å². The SMILES string of the molecule is COc1ccc(NC(=O)[C@@H]2[C@H]3C=C[C@@]4(O3)[C@H]2C(=O)N(C2CCCCCCC2)[C@@H]4C(=O)NC2CCCCC2)cc1. The van der Waals surface area contributed by atoms with Gasteiger partial charge in [0, 0.05) is 17.8 Å². The van der Waals surface area contributed by atoms with Crippen molar-refractivity contribution in [3.05, 3.63) is 36.4 Å². The molecule has 8 heteroatoms. The second-order valence-electron chi connectivity index (χ2n) is 12.0. The second kappa shape index (κ2) is 11.0. The zero-order chi connectivity index (χ0) is 27.0. The summed E-state index contributed by atoms with van der Waals surface area (Å²) in [5, 5.41) is 6.30. The van der Waals surface area contributed by atoms with E-state index in [1.165, 1.54) is 12.8 Å². The van der Waals surface area contributed by atoms with Crippen molar-refractivity contribution in [2.24, 2.45) is 11.8 Å². The quantitative estimate of drug-likeness (QED) is 0.528. The zero-order valence-corrected chi connectivity index (χ0v) is 22.9. The molecule has 0 radical (unpaired) electrons. The van der Waals surface area contributed by atoms with Crippen LogP contribution in [0.4, 0.5) is 5.69 Å². The predicted octanol–water partition coefficient (Wildman–Crippen LogP) is 4.35. The Morgan fingerprint density at radius 2 is 1.56 bits per heavy atom. The van der Waals surface area contributed by atoms with Gasteiger partial charge in [0.05, 0.1) is 25.0 Å². The minimum atomic E-state index is -1.11. The number of methoxy groups -OCH3 is 1. The van der Waals surface area contributed by atoms with Crippen LogP contribution in [0, 0.1) is 11.8 Å². The summed E-state index contributed by atoms with van der Waals surface area (Å²) in [6.07, 6.45) is 16.0. The van der Waals surface area contributed by atoms with E-state index in [9.17, 15) is 14.4 Å². The molecule has 0 aromatic heterocycles. The Kier molecular flexibility index (Phi) is 7.40. The fourth-order valence-corrected chi connectivity index (χ4v) is 7.74. The Bertz CT molecular complexity index is 1110. The monoisotopic (exact) mass is 535 g/mol. The van der Waals surface area contributed by atoms with E-state index in [0.29, 0.717) is 11.4 Å². The first kappa shape index (κ1) is 26.4. The van der Waals surface area contributed by atoms with Gasteiger partial charge in [-0.2, -0.15) is 0 Å². The third-order valence-corrected chi connectivity index (χ3v) is 9.64. The summed E-state index contributed by atoms with van der Waals surface area (Å²) in [6, 6.07) is 6.52. The number of rotatable bonds is 6. The van der Waals surface area contributed by atoms with Gasteiger partial charge in [-0.1, -0.05) is 63.5 Å². The first-order chi connectivity index (χ1) is 19.0. The number of likely N-dealkylation sites (tertiary alicyclic amines) is 1. The average Bonchev–Trinajstić information content (AvgIpc) is 3.57. The summed E-state index contributed by atoms with van der Waals surface area (Å²) in [6.45, 7) is 0. The second-order valence-corrected chi connectivity index (χ2v) is 12.0. The van der Waals surface area contributed by atoms with E-state index in [4.69, 9.17) is 9.47 Å². The molecule has 1 aromatic carbocycles. The number of benzene rings is 1. The van der Waals surface area contributed by atoms with Crippen LogP contribution in [0.15, 0.2) is 36.4 Å². The van der Waals surface area contributed by atoms with Crippen molar-refractivity contribution >= 4 is 23.4 Å².